The number of methoxy groups -OCH3 is 2. The minimum Gasteiger partial charge on any atom is -0.497 e. The number of likely N-dealkylation sites (N-methyl/N-ethyl adjacent to an activating group) is 1. The SMILES string of the molecule is COc1ccc(OC)c(C(=O)CN2C(=O)N(C)C3(CCCCC3)C2=O)c1. The quantitative estimate of drug-likeness (QED) is 0.596. The molecule has 1 heterocycles. The maximum absolute atomic E-state index is 13.0. The van der Waals surface area contributed by atoms with Gasteiger partial charge in [-0.3, -0.25) is 14.5 Å². The Kier molecular flexibility index (Phi) is 4.89. The molecule has 3 amide bonds. The average Bonchev–Trinajstić information content (AvgIpc) is 2.84. The Morgan fingerprint density at radius 2 is 1.81 bits per heavy atom. The van der Waals surface area contributed by atoms with Crippen molar-refractivity contribution >= 4 is 17.7 Å². The zero-order valence-corrected chi connectivity index (χ0v) is 15.4. The summed E-state index contributed by atoms with van der Waals surface area (Å²) in [5.41, 5.74) is -0.492. The van der Waals surface area contributed by atoms with Crippen molar-refractivity contribution < 1.29 is 23.9 Å². The number of hydrogen-bond acceptors (Lipinski definition) is 5. The van der Waals surface area contributed by atoms with E-state index in [0.717, 1.165) is 24.2 Å². The van der Waals surface area contributed by atoms with E-state index in [4.69, 9.17) is 9.47 Å². The molecular formula is C19H24N2O5. The van der Waals surface area contributed by atoms with Crippen molar-refractivity contribution in [1.29, 1.82) is 0 Å². The van der Waals surface area contributed by atoms with Crippen LogP contribution >= 0.6 is 0 Å². The number of carbonyl (C=O) groups is 3. The summed E-state index contributed by atoms with van der Waals surface area (Å²) in [7, 11) is 4.63. The fourth-order valence-corrected chi connectivity index (χ4v) is 3.93. The molecule has 1 spiro atoms. The minimum atomic E-state index is -0.784. The van der Waals surface area contributed by atoms with Crippen molar-refractivity contribution in [1.82, 2.24) is 9.80 Å². The van der Waals surface area contributed by atoms with E-state index in [9.17, 15) is 14.4 Å². The highest BCUT2D eigenvalue weighted by Crippen LogP contribution is 2.39. The number of nitrogens with zero attached hydrogens (tertiary/aromatic N) is 2. The number of Topliss-reactive ketones (excluding diaryl/α,β-unsaturated/α-hetero) is 1. The molecule has 2 aliphatic rings. The predicted molar refractivity (Wildman–Crippen MR) is 94.6 cm³/mol. The van der Waals surface area contributed by atoms with Gasteiger partial charge < -0.3 is 14.4 Å². The summed E-state index contributed by atoms with van der Waals surface area (Å²) < 4.78 is 10.4. The van der Waals surface area contributed by atoms with E-state index in [2.05, 4.69) is 0 Å². The summed E-state index contributed by atoms with van der Waals surface area (Å²) in [6.45, 7) is -0.298. The fourth-order valence-electron chi connectivity index (χ4n) is 3.93. The Hall–Kier alpha value is -2.57. The molecule has 1 saturated carbocycles. The van der Waals surface area contributed by atoms with Crippen LogP contribution in [0.2, 0.25) is 0 Å². The molecule has 7 heteroatoms. The lowest BCUT2D eigenvalue weighted by Crippen LogP contribution is -2.49. The number of amides is 3. The van der Waals surface area contributed by atoms with Gasteiger partial charge in [-0.05, 0) is 31.0 Å². The number of urea groups is 1. The third-order valence-corrected chi connectivity index (χ3v) is 5.49. The summed E-state index contributed by atoms with van der Waals surface area (Å²) >= 11 is 0. The highest BCUT2D eigenvalue weighted by atomic mass is 16.5. The number of carbonyl (C=O) groups excluding carboxylic acids is 3. The molecule has 1 aromatic rings. The van der Waals surface area contributed by atoms with Crippen molar-refractivity contribution in [2.75, 3.05) is 27.8 Å². The van der Waals surface area contributed by atoms with Crippen LogP contribution in [0, 0.1) is 0 Å². The average molecular weight is 360 g/mol. The highest BCUT2D eigenvalue weighted by Gasteiger charge is 2.55. The molecule has 1 aliphatic heterocycles. The first-order valence-electron chi connectivity index (χ1n) is 8.79. The van der Waals surface area contributed by atoms with Crippen molar-refractivity contribution in [2.24, 2.45) is 0 Å². The van der Waals surface area contributed by atoms with Gasteiger partial charge in [0.25, 0.3) is 5.91 Å². The van der Waals surface area contributed by atoms with Gasteiger partial charge in [-0.1, -0.05) is 19.3 Å². The lowest BCUT2D eigenvalue weighted by atomic mass is 9.80. The smallest absolute Gasteiger partial charge is 0.327 e. The third kappa shape index (κ3) is 2.81. The minimum absolute atomic E-state index is 0.264. The Bertz CT molecular complexity index is 739. The van der Waals surface area contributed by atoms with Crippen molar-refractivity contribution in [3.05, 3.63) is 23.8 Å². The summed E-state index contributed by atoms with van der Waals surface area (Å²) in [5.74, 6) is 0.272. The molecule has 2 fully saturated rings. The first-order valence-corrected chi connectivity index (χ1v) is 8.79. The second kappa shape index (κ2) is 6.97. The Morgan fingerprint density at radius 3 is 2.42 bits per heavy atom. The lowest BCUT2D eigenvalue weighted by molar-refractivity contribution is -0.134. The van der Waals surface area contributed by atoms with Crippen LogP contribution in [0.4, 0.5) is 4.79 Å². The standard InChI is InChI=1S/C19H24N2O5/c1-20-18(24)21(17(23)19(20)9-5-4-6-10-19)12-15(22)14-11-13(25-2)7-8-16(14)26-3/h7-8,11H,4-6,9-10,12H2,1-3H3. The number of rotatable bonds is 5. The molecule has 26 heavy (non-hydrogen) atoms. The zero-order valence-electron chi connectivity index (χ0n) is 15.4. The van der Waals surface area contributed by atoms with Gasteiger partial charge in [-0.25, -0.2) is 4.79 Å². The number of ether oxygens (including phenoxy) is 2. The van der Waals surface area contributed by atoms with E-state index in [1.165, 1.54) is 19.1 Å². The number of ketones is 1. The summed E-state index contributed by atoms with van der Waals surface area (Å²) in [4.78, 5) is 41.1. The molecule has 3 rings (SSSR count). The van der Waals surface area contributed by atoms with Crippen LogP contribution in [0.25, 0.3) is 0 Å². The van der Waals surface area contributed by atoms with Gasteiger partial charge in [0.1, 0.15) is 17.0 Å². The van der Waals surface area contributed by atoms with Crippen LogP contribution in [0.5, 0.6) is 11.5 Å². The summed E-state index contributed by atoms with van der Waals surface area (Å²) in [6, 6.07) is 4.47. The molecular weight excluding hydrogens is 336 g/mol. The first-order chi connectivity index (χ1) is 12.4. The third-order valence-electron chi connectivity index (χ3n) is 5.49. The molecule has 1 aliphatic carbocycles. The molecule has 0 bridgehead atoms. The van der Waals surface area contributed by atoms with Crippen LogP contribution in [-0.4, -0.2) is 60.9 Å². The molecule has 0 atom stereocenters. The highest BCUT2D eigenvalue weighted by molar-refractivity contribution is 6.11. The van der Waals surface area contributed by atoms with Crippen LogP contribution in [0.3, 0.4) is 0 Å². The normalized spacial score (nSPS) is 19.2. The molecule has 1 aromatic carbocycles. The van der Waals surface area contributed by atoms with Crippen LogP contribution < -0.4 is 9.47 Å². The molecule has 140 valence electrons. The molecule has 0 aromatic heterocycles. The summed E-state index contributed by atoms with van der Waals surface area (Å²) in [6.07, 6.45) is 4.20. The maximum atomic E-state index is 13.0. The molecule has 0 N–H and O–H groups in total. The Balaban J connectivity index is 1.86. The monoisotopic (exact) mass is 360 g/mol. The van der Waals surface area contributed by atoms with Crippen molar-refractivity contribution in [3.63, 3.8) is 0 Å². The molecule has 1 saturated heterocycles. The van der Waals surface area contributed by atoms with Gasteiger partial charge in [0.15, 0.2) is 5.78 Å². The lowest BCUT2D eigenvalue weighted by Gasteiger charge is -2.35. The van der Waals surface area contributed by atoms with Gasteiger partial charge in [0, 0.05) is 7.05 Å². The van der Waals surface area contributed by atoms with Gasteiger partial charge in [-0.2, -0.15) is 0 Å². The number of hydrogen-bond donors (Lipinski definition) is 0. The van der Waals surface area contributed by atoms with Crippen molar-refractivity contribution in [3.8, 4) is 11.5 Å². The summed E-state index contributed by atoms with van der Waals surface area (Å²) in [5, 5.41) is 0. The molecule has 0 unspecified atom stereocenters. The van der Waals surface area contributed by atoms with E-state index < -0.39 is 11.6 Å². The van der Waals surface area contributed by atoms with Gasteiger partial charge in [0.2, 0.25) is 0 Å². The van der Waals surface area contributed by atoms with Gasteiger partial charge in [-0.15, -0.1) is 0 Å². The predicted octanol–water partition coefficient (Wildman–Crippen LogP) is 2.48. The molecule has 7 nitrogen and oxygen atoms in total. The van der Waals surface area contributed by atoms with E-state index in [-0.39, 0.29) is 18.2 Å². The van der Waals surface area contributed by atoms with E-state index in [1.807, 2.05) is 0 Å². The number of imide groups is 1. The second-order valence-electron chi connectivity index (χ2n) is 6.81. The van der Waals surface area contributed by atoms with Crippen LogP contribution in [0.1, 0.15) is 42.5 Å². The number of benzene rings is 1. The fraction of sp³-hybridized carbons (Fsp3) is 0.526. The van der Waals surface area contributed by atoms with Crippen LogP contribution in [-0.2, 0) is 4.79 Å². The Labute approximate surface area is 152 Å². The largest absolute Gasteiger partial charge is 0.497 e. The van der Waals surface area contributed by atoms with Gasteiger partial charge >= 0.3 is 6.03 Å². The van der Waals surface area contributed by atoms with Gasteiger partial charge in [0.05, 0.1) is 26.3 Å². The van der Waals surface area contributed by atoms with E-state index >= 15 is 0 Å². The Morgan fingerprint density at radius 1 is 1.12 bits per heavy atom. The zero-order chi connectivity index (χ0) is 18.9. The van der Waals surface area contributed by atoms with Crippen molar-refractivity contribution in [2.45, 2.75) is 37.6 Å². The van der Waals surface area contributed by atoms with Crippen LogP contribution in [0.15, 0.2) is 18.2 Å². The van der Waals surface area contributed by atoms with E-state index in [0.29, 0.717) is 29.9 Å². The first kappa shape index (κ1) is 18.2. The van der Waals surface area contributed by atoms with E-state index in [1.54, 1.807) is 25.2 Å². The second-order valence-corrected chi connectivity index (χ2v) is 6.81. The maximum Gasteiger partial charge on any atom is 0.327 e. The topological polar surface area (TPSA) is 76.2 Å². The molecule has 0 radical (unpaired) electrons.